The fourth-order valence-corrected chi connectivity index (χ4v) is 2.54. The molecule has 0 radical (unpaired) electrons. The van der Waals surface area contributed by atoms with E-state index in [4.69, 9.17) is 0 Å². The topological polar surface area (TPSA) is 97.6 Å². The highest BCUT2D eigenvalue weighted by molar-refractivity contribution is 5.78. The van der Waals surface area contributed by atoms with Gasteiger partial charge in [-0.25, -0.2) is 0 Å². The van der Waals surface area contributed by atoms with Gasteiger partial charge in [0.15, 0.2) is 5.82 Å². The predicted octanol–water partition coefficient (Wildman–Crippen LogP) is 1.44. The molecule has 0 aliphatic carbocycles. The molecule has 0 aliphatic rings. The van der Waals surface area contributed by atoms with Gasteiger partial charge < -0.3 is 10.6 Å². The van der Waals surface area contributed by atoms with E-state index in [-0.39, 0.29) is 5.91 Å². The van der Waals surface area contributed by atoms with E-state index in [0.717, 1.165) is 22.5 Å². The third-order valence-corrected chi connectivity index (χ3v) is 3.95. The lowest BCUT2D eigenvalue weighted by atomic mass is 10.1. The Labute approximate surface area is 151 Å². The molecule has 0 bridgehead atoms. The molecule has 3 aromatic rings. The van der Waals surface area contributed by atoms with E-state index in [1.54, 1.807) is 17.1 Å². The molecule has 26 heavy (non-hydrogen) atoms. The number of aromatic nitrogens is 5. The summed E-state index contributed by atoms with van der Waals surface area (Å²) in [6.45, 7) is 5.05. The molecule has 134 valence electrons. The van der Waals surface area contributed by atoms with Crippen molar-refractivity contribution in [3.8, 4) is 5.69 Å². The average molecular weight is 351 g/mol. The van der Waals surface area contributed by atoms with Gasteiger partial charge in [0.05, 0.1) is 12.1 Å². The van der Waals surface area contributed by atoms with Gasteiger partial charge in [0.25, 0.3) is 0 Å². The Morgan fingerprint density at radius 1 is 1.12 bits per heavy atom. The number of tetrazole rings is 1. The van der Waals surface area contributed by atoms with Crippen LogP contribution in [0.2, 0.25) is 0 Å². The highest BCUT2D eigenvalue weighted by Crippen LogP contribution is 2.11. The highest BCUT2D eigenvalue weighted by Gasteiger charge is 2.06. The van der Waals surface area contributed by atoms with Crippen LogP contribution in [0.1, 0.15) is 17.0 Å². The van der Waals surface area contributed by atoms with Gasteiger partial charge in [0.1, 0.15) is 0 Å². The summed E-state index contributed by atoms with van der Waals surface area (Å²) in [7, 11) is 0. The normalized spacial score (nSPS) is 10.5. The lowest BCUT2D eigenvalue weighted by Crippen LogP contribution is -2.30. The second-order valence-electron chi connectivity index (χ2n) is 5.95. The summed E-state index contributed by atoms with van der Waals surface area (Å²) in [5.74, 6) is 0.706. The number of amides is 1. The average Bonchev–Trinajstić information content (AvgIpc) is 3.07. The number of pyridine rings is 1. The van der Waals surface area contributed by atoms with E-state index in [9.17, 15) is 4.79 Å². The van der Waals surface area contributed by atoms with Crippen molar-refractivity contribution in [2.75, 3.05) is 18.4 Å². The zero-order chi connectivity index (χ0) is 18.4. The SMILES string of the molecule is Cc1cnccc1NCCNC(=O)Cc1ccc(-n2nnnc2C)cc1. The summed E-state index contributed by atoms with van der Waals surface area (Å²) >= 11 is 0. The monoisotopic (exact) mass is 351 g/mol. The first-order valence-corrected chi connectivity index (χ1v) is 8.39. The van der Waals surface area contributed by atoms with Crippen molar-refractivity contribution in [3.05, 3.63) is 59.7 Å². The first-order chi connectivity index (χ1) is 12.6. The number of aryl methyl sites for hydroxylation is 2. The van der Waals surface area contributed by atoms with Crippen LogP contribution in [0.4, 0.5) is 5.69 Å². The Balaban J connectivity index is 1.45. The number of nitrogens with one attached hydrogen (secondary N) is 2. The minimum Gasteiger partial charge on any atom is -0.383 e. The molecule has 0 unspecified atom stereocenters. The van der Waals surface area contributed by atoms with Crippen LogP contribution in [0.15, 0.2) is 42.7 Å². The lowest BCUT2D eigenvalue weighted by Gasteiger charge is -2.10. The first kappa shape index (κ1) is 17.5. The molecule has 0 saturated carbocycles. The van der Waals surface area contributed by atoms with Crippen LogP contribution in [0.25, 0.3) is 5.69 Å². The Morgan fingerprint density at radius 3 is 2.62 bits per heavy atom. The number of benzene rings is 1. The lowest BCUT2D eigenvalue weighted by molar-refractivity contribution is -0.120. The van der Waals surface area contributed by atoms with Gasteiger partial charge in [-0.05, 0) is 53.6 Å². The Morgan fingerprint density at radius 2 is 1.92 bits per heavy atom. The Kier molecular flexibility index (Phi) is 5.52. The molecule has 2 heterocycles. The molecule has 8 heteroatoms. The fourth-order valence-electron chi connectivity index (χ4n) is 2.54. The second kappa shape index (κ2) is 8.19. The van der Waals surface area contributed by atoms with Gasteiger partial charge in [-0.15, -0.1) is 5.10 Å². The van der Waals surface area contributed by atoms with Crippen LogP contribution in [0.3, 0.4) is 0 Å². The maximum absolute atomic E-state index is 12.1. The van der Waals surface area contributed by atoms with E-state index in [0.29, 0.717) is 25.3 Å². The van der Waals surface area contributed by atoms with Crippen LogP contribution in [-0.4, -0.2) is 44.2 Å². The van der Waals surface area contributed by atoms with Crippen LogP contribution < -0.4 is 10.6 Å². The molecule has 0 aliphatic heterocycles. The van der Waals surface area contributed by atoms with E-state index >= 15 is 0 Å². The first-order valence-electron chi connectivity index (χ1n) is 8.39. The summed E-state index contributed by atoms with van der Waals surface area (Å²) < 4.78 is 1.65. The molecule has 1 aromatic carbocycles. The number of rotatable bonds is 7. The summed E-state index contributed by atoms with van der Waals surface area (Å²) in [6, 6.07) is 9.55. The number of hydrogen-bond acceptors (Lipinski definition) is 6. The van der Waals surface area contributed by atoms with Crippen LogP contribution in [-0.2, 0) is 11.2 Å². The third-order valence-electron chi connectivity index (χ3n) is 3.95. The smallest absolute Gasteiger partial charge is 0.224 e. The van der Waals surface area contributed by atoms with Crippen LogP contribution in [0, 0.1) is 13.8 Å². The zero-order valence-electron chi connectivity index (χ0n) is 14.8. The molecular formula is C18H21N7O. The summed E-state index contributed by atoms with van der Waals surface area (Å²) in [4.78, 5) is 16.1. The van der Waals surface area contributed by atoms with Gasteiger partial charge in [-0.2, -0.15) is 4.68 Å². The number of anilines is 1. The Bertz CT molecular complexity index is 873. The number of carbonyl (C=O) groups excluding carboxylic acids is 1. The highest BCUT2D eigenvalue weighted by atomic mass is 16.1. The molecule has 0 spiro atoms. The molecule has 2 N–H and O–H groups in total. The van der Waals surface area contributed by atoms with Crippen molar-refractivity contribution in [3.63, 3.8) is 0 Å². The second-order valence-corrected chi connectivity index (χ2v) is 5.95. The van der Waals surface area contributed by atoms with Crippen molar-refractivity contribution < 1.29 is 4.79 Å². The van der Waals surface area contributed by atoms with E-state index in [1.165, 1.54) is 0 Å². The maximum atomic E-state index is 12.1. The van der Waals surface area contributed by atoms with E-state index in [2.05, 4.69) is 31.1 Å². The van der Waals surface area contributed by atoms with Crippen molar-refractivity contribution in [1.29, 1.82) is 0 Å². The summed E-state index contributed by atoms with van der Waals surface area (Å²) in [5.41, 5.74) is 3.92. The largest absolute Gasteiger partial charge is 0.383 e. The predicted molar refractivity (Wildman–Crippen MR) is 98.1 cm³/mol. The molecule has 2 aromatic heterocycles. The minimum atomic E-state index is -0.00963. The molecule has 0 saturated heterocycles. The molecule has 1 amide bonds. The minimum absolute atomic E-state index is 0.00963. The number of nitrogens with zero attached hydrogens (tertiary/aromatic N) is 5. The van der Waals surface area contributed by atoms with Crippen molar-refractivity contribution >= 4 is 11.6 Å². The molecule has 8 nitrogen and oxygen atoms in total. The molecule has 0 atom stereocenters. The van der Waals surface area contributed by atoms with Crippen molar-refractivity contribution in [2.45, 2.75) is 20.3 Å². The van der Waals surface area contributed by atoms with E-state index in [1.807, 2.05) is 44.2 Å². The Hall–Kier alpha value is -3.29. The van der Waals surface area contributed by atoms with Gasteiger partial charge in [-0.3, -0.25) is 9.78 Å². The van der Waals surface area contributed by atoms with Gasteiger partial charge >= 0.3 is 0 Å². The van der Waals surface area contributed by atoms with Gasteiger partial charge in [-0.1, -0.05) is 12.1 Å². The quantitative estimate of drug-likeness (QED) is 0.625. The third kappa shape index (κ3) is 4.41. The van der Waals surface area contributed by atoms with Crippen LogP contribution >= 0.6 is 0 Å². The molecular weight excluding hydrogens is 330 g/mol. The summed E-state index contributed by atoms with van der Waals surface area (Å²) in [5, 5.41) is 17.6. The zero-order valence-corrected chi connectivity index (χ0v) is 14.8. The molecule has 0 fully saturated rings. The van der Waals surface area contributed by atoms with Crippen molar-refractivity contribution in [1.82, 2.24) is 30.5 Å². The molecule has 3 rings (SSSR count). The number of hydrogen-bond donors (Lipinski definition) is 2. The van der Waals surface area contributed by atoms with Gasteiger partial charge in [0.2, 0.25) is 5.91 Å². The van der Waals surface area contributed by atoms with E-state index < -0.39 is 0 Å². The van der Waals surface area contributed by atoms with Crippen molar-refractivity contribution in [2.24, 2.45) is 0 Å². The summed E-state index contributed by atoms with van der Waals surface area (Å²) in [6.07, 6.45) is 3.89. The van der Waals surface area contributed by atoms with Gasteiger partial charge in [0, 0.05) is 31.2 Å². The standard InChI is InChI=1S/C18H21N7O/c1-13-12-19-8-7-17(13)20-9-10-21-18(26)11-15-3-5-16(6-4-15)25-14(2)22-23-24-25/h3-8,12H,9-11H2,1-2H3,(H,19,20)(H,21,26). The fraction of sp³-hybridized carbons (Fsp3) is 0.278. The maximum Gasteiger partial charge on any atom is 0.224 e. The van der Waals surface area contributed by atoms with Crippen LogP contribution in [0.5, 0.6) is 0 Å². The number of carbonyl (C=O) groups is 1.